The van der Waals surface area contributed by atoms with Gasteiger partial charge in [0.25, 0.3) is 0 Å². The molecular formula is C37H45NO11. The van der Waals surface area contributed by atoms with Crippen LogP contribution >= 0.6 is 0 Å². The maximum absolute atomic E-state index is 14.2. The molecule has 0 spiro atoms. The normalized spacial score (nSPS) is 15.4. The summed E-state index contributed by atoms with van der Waals surface area (Å²) < 4.78 is 33.3. The van der Waals surface area contributed by atoms with E-state index in [9.17, 15) is 24.6 Å². The highest BCUT2D eigenvalue weighted by Crippen LogP contribution is 2.41. The topological polar surface area (TPSA) is 150 Å². The molecule has 1 aliphatic heterocycles. The Kier molecular flexibility index (Phi) is 13.0. The van der Waals surface area contributed by atoms with E-state index in [2.05, 4.69) is 0 Å². The molecule has 1 aliphatic rings. The number of aryl methyl sites for hydroxylation is 1. The van der Waals surface area contributed by atoms with E-state index in [4.69, 9.17) is 28.4 Å². The Labute approximate surface area is 286 Å². The monoisotopic (exact) mass is 679 g/mol. The number of esters is 1. The Balaban J connectivity index is 1.63. The number of carboxylic acid groups (broad SMARTS) is 1. The van der Waals surface area contributed by atoms with Crippen LogP contribution in [0, 0.1) is 0 Å². The number of carbonyl (C=O) groups is 3. The Morgan fingerprint density at radius 1 is 0.878 bits per heavy atom. The summed E-state index contributed by atoms with van der Waals surface area (Å²) in [6.07, 6.45) is 2.25. The predicted molar refractivity (Wildman–Crippen MR) is 180 cm³/mol. The number of para-hydroxylation sites is 1. The number of piperidine rings is 1. The summed E-state index contributed by atoms with van der Waals surface area (Å²) in [5.41, 5.74) is 1.96. The summed E-state index contributed by atoms with van der Waals surface area (Å²) >= 11 is 0. The van der Waals surface area contributed by atoms with E-state index in [0.717, 1.165) is 18.4 Å². The molecule has 4 rings (SSSR count). The number of methoxy groups -OCH3 is 4. The molecular weight excluding hydrogens is 634 g/mol. The lowest BCUT2D eigenvalue weighted by Gasteiger charge is -2.37. The Bertz CT molecular complexity index is 1610. The number of nitrogens with zero attached hydrogens (tertiary/aromatic N) is 1. The number of carbonyl (C=O) groups excluding carboxylic acids is 2. The van der Waals surface area contributed by atoms with Crippen molar-refractivity contribution < 1.29 is 53.0 Å². The highest BCUT2D eigenvalue weighted by Gasteiger charge is 2.38. The lowest BCUT2D eigenvalue weighted by atomic mass is 9.91. The van der Waals surface area contributed by atoms with E-state index in [0.29, 0.717) is 60.6 Å². The van der Waals surface area contributed by atoms with E-state index in [1.54, 1.807) is 55.5 Å². The zero-order chi connectivity index (χ0) is 35.5. The van der Waals surface area contributed by atoms with Gasteiger partial charge < -0.3 is 43.5 Å². The van der Waals surface area contributed by atoms with Gasteiger partial charge in [0, 0.05) is 12.1 Å². The minimum atomic E-state index is -1.14. The van der Waals surface area contributed by atoms with Crippen molar-refractivity contribution in [3.05, 3.63) is 71.3 Å². The molecule has 2 N–H and O–H groups in total. The molecule has 1 fully saturated rings. The number of hydrogen-bond donors (Lipinski definition) is 2. The van der Waals surface area contributed by atoms with E-state index in [-0.39, 0.29) is 23.2 Å². The smallest absolute Gasteiger partial charge is 0.341 e. The third-order valence-corrected chi connectivity index (χ3v) is 8.67. The second kappa shape index (κ2) is 17.3. The van der Waals surface area contributed by atoms with Crippen LogP contribution in [0.3, 0.4) is 0 Å². The van der Waals surface area contributed by atoms with E-state index in [1.807, 2.05) is 19.1 Å². The fourth-order valence-electron chi connectivity index (χ4n) is 6.21. The summed E-state index contributed by atoms with van der Waals surface area (Å²) in [6, 6.07) is 14.7. The maximum atomic E-state index is 14.2. The number of hydrogen-bond acceptors (Lipinski definition) is 10. The van der Waals surface area contributed by atoms with Gasteiger partial charge in [0.2, 0.25) is 11.7 Å². The van der Waals surface area contributed by atoms with Gasteiger partial charge in [-0.15, -0.1) is 0 Å². The Morgan fingerprint density at radius 3 is 2.29 bits per heavy atom. The average molecular weight is 680 g/mol. The molecule has 0 bridgehead atoms. The first kappa shape index (κ1) is 36.7. The summed E-state index contributed by atoms with van der Waals surface area (Å²) in [6.45, 7) is 1.66. The molecule has 0 radical (unpaired) electrons. The zero-order valence-corrected chi connectivity index (χ0v) is 28.6. The van der Waals surface area contributed by atoms with E-state index in [1.165, 1.54) is 20.3 Å². The third-order valence-electron chi connectivity index (χ3n) is 8.67. The number of aliphatic carboxylic acids is 1. The van der Waals surface area contributed by atoms with Gasteiger partial charge in [0.1, 0.15) is 17.9 Å². The fraction of sp³-hybridized carbons (Fsp3) is 0.432. The number of likely N-dealkylation sites (tertiary alicyclic amines) is 1. The van der Waals surface area contributed by atoms with E-state index < -0.39 is 36.6 Å². The van der Waals surface area contributed by atoms with Crippen molar-refractivity contribution in [2.24, 2.45) is 0 Å². The van der Waals surface area contributed by atoms with Gasteiger partial charge in [-0.2, -0.15) is 0 Å². The van der Waals surface area contributed by atoms with Gasteiger partial charge >= 0.3 is 11.9 Å². The molecule has 1 heterocycles. The number of ether oxygens (including phenoxy) is 6. The molecule has 0 aromatic heterocycles. The molecule has 12 heteroatoms. The molecule has 12 nitrogen and oxygen atoms in total. The highest BCUT2D eigenvalue weighted by atomic mass is 16.6. The molecule has 49 heavy (non-hydrogen) atoms. The SMILES string of the molecule is CC[C@H](C(=O)N1CCCC[C@H]1C(=O)O[C@H](CCc1ccc(OC)c(OC)c1)c1ccccc1OCC(=O)O)c1cc(O)c(OC)c(OC)c1. The summed E-state index contributed by atoms with van der Waals surface area (Å²) in [4.78, 5) is 41.2. The van der Waals surface area contributed by atoms with Crippen LogP contribution in [0.2, 0.25) is 0 Å². The standard InChI is InChI=1S/C37H45NO11/c1-6-25(24-20-28(39)35(47-5)33(21-24)46-4)36(42)38-18-10-9-12-27(38)37(43)49-30(26-11-7-8-13-29(26)48-22-34(40)41)16-14-23-15-17-31(44-2)32(19-23)45-3/h7-8,11,13,15,17,19-21,25,27,30,39H,6,9-10,12,14,16,18,22H2,1-5H3,(H,40,41)/t25-,27-,30+/m0/s1. The van der Waals surface area contributed by atoms with Crippen molar-refractivity contribution >= 4 is 17.8 Å². The number of aromatic hydroxyl groups is 1. The lowest BCUT2D eigenvalue weighted by molar-refractivity contribution is -0.162. The van der Waals surface area contributed by atoms with Crippen molar-refractivity contribution in [3.63, 3.8) is 0 Å². The van der Waals surface area contributed by atoms with Crippen LogP contribution < -0.4 is 23.7 Å². The van der Waals surface area contributed by atoms with Gasteiger partial charge in [0.15, 0.2) is 29.6 Å². The first-order chi connectivity index (χ1) is 23.6. The molecule has 0 saturated carbocycles. The van der Waals surface area contributed by atoms with Gasteiger partial charge in [-0.05, 0) is 80.0 Å². The number of rotatable bonds is 16. The van der Waals surface area contributed by atoms with Crippen molar-refractivity contribution in [2.75, 3.05) is 41.6 Å². The molecule has 3 aromatic carbocycles. The molecule has 0 unspecified atom stereocenters. The second-order valence-electron chi connectivity index (χ2n) is 11.7. The van der Waals surface area contributed by atoms with Crippen LogP contribution in [0.1, 0.15) is 67.7 Å². The van der Waals surface area contributed by atoms with Gasteiger partial charge in [-0.25, -0.2) is 9.59 Å². The first-order valence-corrected chi connectivity index (χ1v) is 16.3. The van der Waals surface area contributed by atoms with Crippen molar-refractivity contribution in [1.82, 2.24) is 4.90 Å². The van der Waals surface area contributed by atoms with E-state index >= 15 is 0 Å². The molecule has 3 atom stereocenters. The largest absolute Gasteiger partial charge is 0.504 e. The Morgan fingerprint density at radius 2 is 1.61 bits per heavy atom. The van der Waals surface area contributed by atoms with Gasteiger partial charge in [0.05, 0.1) is 34.4 Å². The molecule has 0 aliphatic carbocycles. The average Bonchev–Trinajstić information content (AvgIpc) is 3.12. The summed E-state index contributed by atoms with van der Waals surface area (Å²) in [5, 5.41) is 19.9. The number of benzene rings is 3. The fourth-order valence-corrected chi connectivity index (χ4v) is 6.21. The number of phenolic OH excluding ortho intramolecular Hbond substituents is 1. The van der Waals surface area contributed by atoms with Crippen molar-refractivity contribution in [1.29, 1.82) is 0 Å². The van der Waals surface area contributed by atoms with Crippen molar-refractivity contribution in [2.45, 2.75) is 63.5 Å². The number of amides is 1. The summed E-state index contributed by atoms with van der Waals surface area (Å²) in [7, 11) is 5.98. The van der Waals surface area contributed by atoms with Crippen LogP contribution in [0.5, 0.6) is 34.5 Å². The Hall–Kier alpha value is -5.13. The van der Waals surface area contributed by atoms with Crippen LogP contribution in [0.25, 0.3) is 0 Å². The summed E-state index contributed by atoms with van der Waals surface area (Å²) in [5.74, 6) is -0.903. The lowest BCUT2D eigenvalue weighted by Crippen LogP contribution is -2.50. The molecule has 264 valence electrons. The zero-order valence-electron chi connectivity index (χ0n) is 28.6. The van der Waals surface area contributed by atoms with Crippen LogP contribution in [0.4, 0.5) is 0 Å². The van der Waals surface area contributed by atoms with Gasteiger partial charge in [-0.3, -0.25) is 4.79 Å². The second-order valence-corrected chi connectivity index (χ2v) is 11.7. The van der Waals surface area contributed by atoms with Crippen molar-refractivity contribution in [3.8, 4) is 34.5 Å². The minimum absolute atomic E-state index is 0.154. The molecule has 3 aromatic rings. The van der Waals surface area contributed by atoms with Crippen LogP contribution in [-0.4, -0.2) is 80.6 Å². The first-order valence-electron chi connectivity index (χ1n) is 16.3. The number of phenols is 1. The highest BCUT2D eigenvalue weighted by molar-refractivity contribution is 5.89. The molecule has 1 saturated heterocycles. The van der Waals surface area contributed by atoms with Crippen LogP contribution in [-0.2, 0) is 25.5 Å². The minimum Gasteiger partial charge on any atom is -0.504 e. The van der Waals surface area contributed by atoms with Crippen LogP contribution in [0.15, 0.2) is 54.6 Å². The predicted octanol–water partition coefficient (Wildman–Crippen LogP) is 5.68. The quantitative estimate of drug-likeness (QED) is 0.180. The maximum Gasteiger partial charge on any atom is 0.341 e. The number of carboxylic acids is 1. The third kappa shape index (κ3) is 8.87. The van der Waals surface area contributed by atoms with Gasteiger partial charge in [-0.1, -0.05) is 31.2 Å². The molecule has 1 amide bonds.